The van der Waals surface area contributed by atoms with Crippen molar-refractivity contribution in [2.75, 3.05) is 6.61 Å². The number of hydrogen-bond acceptors (Lipinski definition) is 3. The van der Waals surface area contributed by atoms with Gasteiger partial charge in [-0.05, 0) is 54.1 Å². The van der Waals surface area contributed by atoms with E-state index in [1.807, 2.05) is 44.3 Å². The van der Waals surface area contributed by atoms with Gasteiger partial charge in [0.2, 0.25) is 0 Å². The number of rotatable bonds is 7. The average Bonchev–Trinajstić information content (AvgIpc) is 3.16. The zero-order valence-electron chi connectivity index (χ0n) is 15.8. The van der Waals surface area contributed by atoms with Crippen LogP contribution in [0, 0.1) is 0 Å². The van der Waals surface area contributed by atoms with Crippen molar-refractivity contribution >= 4 is 67.9 Å². The van der Waals surface area contributed by atoms with E-state index in [2.05, 4.69) is 38.5 Å². The summed E-state index contributed by atoms with van der Waals surface area (Å²) in [6.07, 6.45) is 6.14. The SMILES string of the molecule is C=Cc1scc(Cn2cc(CC(=O)OCC)c3ccc(Br)cc32)c1/C=C(\C)Cl. The van der Waals surface area contributed by atoms with Crippen molar-refractivity contribution in [3.63, 3.8) is 0 Å². The van der Waals surface area contributed by atoms with E-state index in [0.717, 1.165) is 36.4 Å². The number of carbonyl (C=O) groups is 1. The molecule has 0 saturated heterocycles. The highest BCUT2D eigenvalue weighted by molar-refractivity contribution is 9.10. The zero-order valence-corrected chi connectivity index (χ0v) is 19.0. The molecule has 0 spiro atoms. The van der Waals surface area contributed by atoms with Gasteiger partial charge in [0.25, 0.3) is 0 Å². The van der Waals surface area contributed by atoms with Crippen molar-refractivity contribution in [3.05, 3.63) is 67.4 Å². The standard InChI is InChI=1S/C22H21BrClNO2S/c1-4-21-19(8-14(3)24)16(13-28-21)12-25-11-15(9-22(26)27-5-2)18-7-6-17(23)10-20(18)25/h4,6-8,10-11,13H,1,5,9,12H2,2-3H3/b14-8+. The molecule has 3 aromatic rings. The highest BCUT2D eigenvalue weighted by Gasteiger charge is 2.15. The van der Waals surface area contributed by atoms with Gasteiger partial charge in [-0.3, -0.25) is 4.79 Å². The van der Waals surface area contributed by atoms with Gasteiger partial charge in [0.1, 0.15) is 0 Å². The van der Waals surface area contributed by atoms with Crippen LogP contribution in [0.5, 0.6) is 0 Å². The first-order valence-corrected chi connectivity index (χ1v) is 11.0. The van der Waals surface area contributed by atoms with Crippen molar-refractivity contribution in [2.45, 2.75) is 26.8 Å². The molecule has 28 heavy (non-hydrogen) atoms. The third kappa shape index (κ3) is 4.59. The summed E-state index contributed by atoms with van der Waals surface area (Å²) in [6, 6.07) is 6.11. The summed E-state index contributed by atoms with van der Waals surface area (Å²) in [4.78, 5) is 13.1. The number of hydrogen-bond donors (Lipinski definition) is 0. The lowest BCUT2D eigenvalue weighted by Gasteiger charge is -2.07. The van der Waals surface area contributed by atoms with Crippen LogP contribution in [0.3, 0.4) is 0 Å². The maximum Gasteiger partial charge on any atom is 0.310 e. The van der Waals surface area contributed by atoms with Gasteiger partial charge in [-0.25, -0.2) is 0 Å². The first-order chi connectivity index (χ1) is 13.4. The predicted molar refractivity (Wildman–Crippen MR) is 123 cm³/mol. The highest BCUT2D eigenvalue weighted by atomic mass is 79.9. The van der Waals surface area contributed by atoms with E-state index in [-0.39, 0.29) is 12.4 Å². The summed E-state index contributed by atoms with van der Waals surface area (Å²) in [5.41, 5.74) is 4.29. The van der Waals surface area contributed by atoms with E-state index < -0.39 is 0 Å². The van der Waals surface area contributed by atoms with Crippen molar-refractivity contribution in [3.8, 4) is 0 Å². The fraction of sp³-hybridized carbons (Fsp3) is 0.227. The number of fused-ring (bicyclic) bond motifs is 1. The molecule has 0 aliphatic heterocycles. The van der Waals surface area contributed by atoms with Gasteiger partial charge in [-0.1, -0.05) is 46.3 Å². The molecule has 0 aliphatic carbocycles. The Bertz CT molecular complexity index is 1060. The number of ether oxygens (including phenoxy) is 1. The molecule has 0 N–H and O–H groups in total. The van der Waals surface area contributed by atoms with Crippen molar-refractivity contribution in [1.82, 2.24) is 4.57 Å². The van der Waals surface area contributed by atoms with Crippen molar-refractivity contribution in [2.24, 2.45) is 0 Å². The van der Waals surface area contributed by atoms with Crippen LogP contribution >= 0.6 is 38.9 Å². The molecule has 0 fully saturated rings. The molecule has 0 aliphatic rings. The fourth-order valence-electron chi connectivity index (χ4n) is 3.23. The summed E-state index contributed by atoms with van der Waals surface area (Å²) >= 11 is 11.4. The molecule has 0 saturated carbocycles. The number of thiophene rings is 1. The Morgan fingerprint density at radius 3 is 2.86 bits per heavy atom. The molecule has 0 unspecified atom stereocenters. The molecule has 2 heterocycles. The second-order valence-electron chi connectivity index (χ2n) is 6.40. The molecule has 0 atom stereocenters. The molecule has 3 nitrogen and oxygen atoms in total. The van der Waals surface area contributed by atoms with Gasteiger partial charge >= 0.3 is 5.97 Å². The number of allylic oxidation sites excluding steroid dienone is 1. The second-order valence-corrected chi connectivity index (χ2v) is 8.82. The quantitative estimate of drug-likeness (QED) is 0.347. The van der Waals surface area contributed by atoms with E-state index in [1.54, 1.807) is 11.3 Å². The first kappa shape index (κ1) is 20.9. The van der Waals surface area contributed by atoms with E-state index in [9.17, 15) is 4.79 Å². The molecule has 0 bridgehead atoms. The summed E-state index contributed by atoms with van der Waals surface area (Å²) in [5, 5.41) is 3.92. The van der Waals surface area contributed by atoms with E-state index in [1.165, 1.54) is 5.56 Å². The molecule has 1 aromatic carbocycles. The lowest BCUT2D eigenvalue weighted by atomic mass is 10.1. The Morgan fingerprint density at radius 2 is 2.18 bits per heavy atom. The summed E-state index contributed by atoms with van der Waals surface area (Å²) in [5.74, 6) is -0.213. The van der Waals surface area contributed by atoms with Crippen molar-refractivity contribution < 1.29 is 9.53 Å². The average molecular weight is 479 g/mol. The number of nitrogens with zero attached hydrogens (tertiary/aromatic N) is 1. The van der Waals surface area contributed by atoms with Gasteiger partial charge in [-0.2, -0.15) is 0 Å². The Balaban J connectivity index is 2.05. The Labute approximate surface area is 182 Å². The van der Waals surface area contributed by atoms with E-state index in [0.29, 0.717) is 13.2 Å². The predicted octanol–water partition coefficient (Wildman–Crippen LogP) is 6.86. The van der Waals surface area contributed by atoms with Gasteiger partial charge < -0.3 is 9.30 Å². The Hall–Kier alpha value is -1.82. The first-order valence-electron chi connectivity index (χ1n) is 8.92. The molecule has 3 rings (SSSR count). The zero-order chi connectivity index (χ0) is 20.3. The number of benzene rings is 1. The van der Waals surface area contributed by atoms with Crippen molar-refractivity contribution in [1.29, 1.82) is 0 Å². The van der Waals surface area contributed by atoms with Gasteiger partial charge in [-0.15, -0.1) is 11.3 Å². The second kappa shape index (κ2) is 9.12. The van der Waals surface area contributed by atoms with Crippen LogP contribution in [0.2, 0.25) is 0 Å². The number of esters is 1. The molecular formula is C22H21BrClNO2S. The normalized spacial score (nSPS) is 11.8. The molecule has 6 heteroatoms. The summed E-state index contributed by atoms with van der Waals surface area (Å²) in [7, 11) is 0. The van der Waals surface area contributed by atoms with Crippen LogP contribution < -0.4 is 0 Å². The molecule has 0 radical (unpaired) electrons. The maximum absolute atomic E-state index is 12.0. The number of halogens is 2. The fourth-order valence-corrected chi connectivity index (χ4v) is 4.57. The Kier molecular flexibility index (Phi) is 6.81. The molecule has 146 valence electrons. The van der Waals surface area contributed by atoms with Crippen LogP contribution in [0.1, 0.15) is 35.4 Å². The third-order valence-corrected chi connectivity index (χ3v) is 6.02. The smallest absolute Gasteiger partial charge is 0.310 e. The highest BCUT2D eigenvalue weighted by Crippen LogP contribution is 2.31. The topological polar surface area (TPSA) is 31.2 Å². The van der Waals surface area contributed by atoms with Gasteiger partial charge in [0, 0.05) is 38.0 Å². The lowest BCUT2D eigenvalue weighted by Crippen LogP contribution is -2.07. The molecule has 0 amide bonds. The number of aromatic nitrogens is 1. The van der Waals surface area contributed by atoms with Gasteiger partial charge in [0.05, 0.1) is 13.0 Å². The van der Waals surface area contributed by atoms with Crippen LogP contribution in [0.15, 0.2) is 45.9 Å². The minimum Gasteiger partial charge on any atom is -0.466 e. The minimum atomic E-state index is -0.213. The monoisotopic (exact) mass is 477 g/mol. The molecule has 2 aromatic heterocycles. The maximum atomic E-state index is 12.0. The van der Waals surface area contributed by atoms with Gasteiger partial charge in [0.15, 0.2) is 0 Å². The summed E-state index contributed by atoms with van der Waals surface area (Å²) in [6.45, 7) is 8.66. The summed E-state index contributed by atoms with van der Waals surface area (Å²) < 4.78 is 8.30. The lowest BCUT2D eigenvalue weighted by molar-refractivity contribution is -0.142. The van der Waals surface area contributed by atoms with Crippen LogP contribution in [0.25, 0.3) is 23.1 Å². The third-order valence-electron chi connectivity index (χ3n) is 4.38. The molecular weight excluding hydrogens is 458 g/mol. The Morgan fingerprint density at radius 1 is 1.39 bits per heavy atom. The largest absolute Gasteiger partial charge is 0.466 e. The van der Waals surface area contributed by atoms with E-state index in [4.69, 9.17) is 16.3 Å². The number of carbonyl (C=O) groups excluding carboxylic acids is 1. The minimum absolute atomic E-state index is 0.213. The van der Waals surface area contributed by atoms with Crippen LogP contribution in [0.4, 0.5) is 0 Å². The van der Waals surface area contributed by atoms with Crippen LogP contribution in [-0.4, -0.2) is 17.1 Å². The van der Waals surface area contributed by atoms with Crippen LogP contribution in [-0.2, 0) is 22.5 Å². The van der Waals surface area contributed by atoms with E-state index >= 15 is 0 Å².